The number of nitrogens with one attached hydrogen (secondary N) is 2. The Hall–Kier alpha value is -5.01. The normalized spacial score (nSPS) is 12.0. The molecular formula is C35H34N2O5. The number of ketones is 2. The lowest BCUT2D eigenvalue weighted by atomic mass is 10.00. The van der Waals surface area contributed by atoms with Crippen molar-refractivity contribution >= 4 is 23.2 Å². The molecular weight excluding hydrogens is 528 g/mol. The van der Waals surface area contributed by atoms with Gasteiger partial charge in [0, 0.05) is 29.8 Å². The maximum atomic E-state index is 13.2. The van der Waals surface area contributed by atoms with E-state index < -0.39 is 18.1 Å². The highest BCUT2D eigenvalue weighted by atomic mass is 16.5. The molecule has 2 unspecified atom stereocenters. The average Bonchev–Trinajstić information content (AvgIpc) is 3.05. The number of esters is 1. The van der Waals surface area contributed by atoms with Gasteiger partial charge < -0.3 is 20.1 Å². The number of ether oxygens (including phenoxy) is 2. The molecule has 0 heterocycles. The summed E-state index contributed by atoms with van der Waals surface area (Å²) in [6, 6.07) is 31.9. The second kappa shape index (κ2) is 15.1. The van der Waals surface area contributed by atoms with Crippen LogP contribution in [0.15, 0.2) is 122 Å². The van der Waals surface area contributed by atoms with Crippen LogP contribution < -0.4 is 15.4 Å². The van der Waals surface area contributed by atoms with Gasteiger partial charge in [0.2, 0.25) is 0 Å². The Morgan fingerprint density at radius 3 is 2.14 bits per heavy atom. The maximum Gasteiger partial charge on any atom is 0.328 e. The second-order valence-corrected chi connectivity index (χ2v) is 9.56. The number of hydrogen-bond acceptors (Lipinski definition) is 7. The highest BCUT2D eigenvalue weighted by Crippen LogP contribution is 2.22. The number of carbonyl (C=O) groups excluding carboxylic acids is 3. The van der Waals surface area contributed by atoms with Crippen molar-refractivity contribution in [2.45, 2.75) is 18.5 Å². The van der Waals surface area contributed by atoms with Gasteiger partial charge in [-0.05, 0) is 41.5 Å². The zero-order valence-corrected chi connectivity index (χ0v) is 23.5. The van der Waals surface area contributed by atoms with Crippen LogP contribution in [-0.4, -0.2) is 43.8 Å². The topological polar surface area (TPSA) is 93.7 Å². The Morgan fingerprint density at radius 1 is 0.833 bits per heavy atom. The van der Waals surface area contributed by atoms with Gasteiger partial charge in [0.05, 0.1) is 13.2 Å². The van der Waals surface area contributed by atoms with Gasteiger partial charge in [0.1, 0.15) is 18.4 Å². The van der Waals surface area contributed by atoms with Crippen molar-refractivity contribution in [3.8, 4) is 5.75 Å². The first kappa shape index (κ1) is 30.0. The summed E-state index contributed by atoms with van der Waals surface area (Å²) in [7, 11) is 1.34. The zero-order chi connectivity index (χ0) is 29.7. The van der Waals surface area contributed by atoms with Crippen molar-refractivity contribution in [2.24, 2.45) is 0 Å². The summed E-state index contributed by atoms with van der Waals surface area (Å²) in [6.07, 6.45) is 1.66. The third-order valence-corrected chi connectivity index (χ3v) is 6.72. The highest BCUT2D eigenvalue weighted by molar-refractivity contribution is 6.12. The zero-order valence-electron chi connectivity index (χ0n) is 23.5. The molecule has 0 aromatic heterocycles. The quantitative estimate of drug-likeness (QED) is 0.0846. The van der Waals surface area contributed by atoms with Crippen molar-refractivity contribution in [1.82, 2.24) is 5.32 Å². The van der Waals surface area contributed by atoms with Crippen molar-refractivity contribution in [1.29, 1.82) is 0 Å². The van der Waals surface area contributed by atoms with Gasteiger partial charge >= 0.3 is 5.97 Å². The Labute approximate surface area is 246 Å². The summed E-state index contributed by atoms with van der Waals surface area (Å²) in [5, 5.41) is 6.45. The average molecular weight is 563 g/mol. The Morgan fingerprint density at radius 2 is 1.48 bits per heavy atom. The first-order valence-corrected chi connectivity index (χ1v) is 13.7. The van der Waals surface area contributed by atoms with E-state index in [1.54, 1.807) is 30.3 Å². The predicted molar refractivity (Wildman–Crippen MR) is 164 cm³/mol. The summed E-state index contributed by atoms with van der Waals surface area (Å²) in [5.74, 6) is -0.0210. The van der Waals surface area contributed by atoms with E-state index in [0.29, 0.717) is 42.1 Å². The van der Waals surface area contributed by atoms with Crippen LogP contribution in [0.4, 0.5) is 5.69 Å². The summed E-state index contributed by atoms with van der Waals surface area (Å²) >= 11 is 0. The molecule has 0 spiro atoms. The van der Waals surface area contributed by atoms with E-state index in [9.17, 15) is 14.4 Å². The molecule has 4 aromatic rings. The molecule has 7 heteroatoms. The molecule has 0 saturated heterocycles. The van der Waals surface area contributed by atoms with Gasteiger partial charge in [0.15, 0.2) is 11.6 Å². The van der Waals surface area contributed by atoms with Gasteiger partial charge in [-0.15, -0.1) is 0 Å². The van der Waals surface area contributed by atoms with Crippen molar-refractivity contribution < 1.29 is 23.9 Å². The van der Waals surface area contributed by atoms with Gasteiger partial charge in [-0.2, -0.15) is 0 Å². The summed E-state index contributed by atoms with van der Waals surface area (Å²) in [5.41, 5.74) is 3.34. The van der Waals surface area contributed by atoms with Gasteiger partial charge in [-0.25, -0.2) is 4.79 Å². The number of hydrogen-bond donors (Lipinski definition) is 2. The van der Waals surface area contributed by atoms with E-state index in [1.165, 1.54) is 13.2 Å². The third kappa shape index (κ3) is 8.02. The summed E-state index contributed by atoms with van der Waals surface area (Å²) in [6.45, 7) is 4.41. The predicted octanol–water partition coefficient (Wildman–Crippen LogP) is 5.58. The highest BCUT2D eigenvalue weighted by Gasteiger charge is 2.23. The van der Waals surface area contributed by atoms with Crippen LogP contribution in [0.3, 0.4) is 0 Å². The van der Waals surface area contributed by atoms with Crippen LogP contribution in [0.25, 0.3) is 0 Å². The molecule has 0 aliphatic carbocycles. The monoisotopic (exact) mass is 562 g/mol. The molecule has 2 atom stereocenters. The molecule has 0 fully saturated rings. The molecule has 0 aliphatic heterocycles. The largest absolute Gasteiger partial charge is 0.492 e. The third-order valence-electron chi connectivity index (χ3n) is 6.72. The minimum atomic E-state index is -0.715. The lowest BCUT2D eigenvalue weighted by molar-refractivity contribution is -0.141. The van der Waals surface area contributed by atoms with Gasteiger partial charge in [-0.3, -0.25) is 9.59 Å². The molecule has 4 aromatic carbocycles. The lowest BCUT2D eigenvalue weighted by Gasteiger charge is -2.20. The number of benzene rings is 4. The fourth-order valence-electron chi connectivity index (χ4n) is 4.55. The number of methoxy groups -OCH3 is 1. The smallest absolute Gasteiger partial charge is 0.328 e. The molecule has 0 aliphatic rings. The van der Waals surface area contributed by atoms with E-state index in [1.807, 2.05) is 78.9 Å². The second-order valence-electron chi connectivity index (χ2n) is 9.56. The van der Waals surface area contributed by atoms with E-state index in [4.69, 9.17) is 9.47 Å². The van der Waals surface area contributed by atoms with Crippen LogP contribution in [0, 0.1) is 0 Å². The maximum absolute atomic E-state index is 13.2. The SMILES string of the molecule is C=CC(=O)C(NCCOc1ccc(CC(Nc2ccccc2C(=O)c2ccccc2)C(=O)OC)cc1)c1ccccc1. The summed E-state index contributed by atoms with van der Waals surface area (Å²) < 4.78 is 10.9. The molecule has 0 radical (unpaired) electrons. The van der Waals surface area contributed by atoms with E-state index >= 15 is 0 Å². The van der Waals surface area contributed by atoms with Crippen LogP contribution in [-0.2, 0) is 20.7 Å². The first-order chi connectivity index (χ1) is 20.5. The van der Waals surface area contributed by atoms with E-state index in [0.717, 1.165) is 11.1 Å². The lowest BCUT2D eigenvalue weighted by Crippen LogP contribution is -2.33. The van der Waals surface area contributed by atoms with Gasteiger partial charge in [0.25, 0.3) is 0 Å². The van der Waals surface area contributed by atoms with Crippen molar-refractivity contribution in [2.75, 3.05) is 25.6 Å². The minimum Gasteiger partial charge on any atom is -0.492 e. The molecule has 214 valence electrons. The number of para-hydroxylation sites is 1. The fraction of sp³-hybridized carbons (Fsp3) is 0.171. The Balaban J connectivity index is 1.37. The van der Waals surface area contributed by atoms with Crippen LogP contribution in [0.1, 0.15) is 33.1 Å². The minimum absolute atomic E-state index is 0.105. The fourth-order valence-corrected chi connectivity index (χ4v) is 4.55. The summed E-state index contributed by atoms with van der Waals surface area (Å²) in [4.78, 5) is 38.2. The van der Waals surface area contributed by atoms with Crippen LogP contribution >= 0.6 is 0 Å². The van der Waals surface area contributed by atoms with Gasteiger partial charge in [-0.1, -0.05) is 91.5 Å². The first-order valence-electron chi connectivity index (χ1n) is 13.7. The van der Waals surface area contributed by atoms with Crippen molar-refractivity contribution in [3.63, 3.8) is 0 Å². The van der Waals surface area contributed by atoms with Crippen molar-refractivity contribution in [3.05, 3.63) is 144 Å². The Bertz CT molecular complexity index is 1490. The number of carbonyl (C=O) groups is 3. The van der Waals surface area contributed by atoms with E-state index in [2.05, 4.69) is 17.2 Å². The van der Waals surface area contributed by atoms with Crippen LogP contribution in [0.2, 0.25) is 0 Å². The molecule has 0 bridgehead atoms. The Kier molecular flexibility index (Phi) is 10.8. The molecule has 0 amide bonds. The molecule has 2 N–H and O–H groups in total. The van der Waals surface area contributed by atoms with E-state index in [-0.39, 0.29) is 11.6 Å². The number of rotatable bonds is 15. The standard InChI is InChI=1S/C35H34N2O5/c1-3-32(38)33(26-12-6-4-7-13-26)36-22-23-42-28-20-18-25(19-21-28)24-31(35(40)41-2)37-30-17-11-10-16-29(30)34(39)27-14-8-5-9-15-27/h3-21,31,33,36-37H,1,22-24H2,2H3. The molecule has 0 saturated carbocycles. The molecule has 42 heavy (non-hydrogen) atoms. The molecule has 7 nitrogen and oxygen atoms in total. The number of anilines is 1. The molecule has 4 rings (SSSR count). The van der Waals surface area contributed by atoms with Crippen LogP contribution in [0.5, 0.6) is 5.75 Å².